The quantitative estimate of drug-likeness (QED) is 0.427. The lowest BCUT2D eigenvalue weighted by Crippen LogP contribution is -1.95. The highest BCUT2D eigenvalue weighted by molar-refractivity contribution is 5.81. The predicted molar refractivity (Wildman–Crippen MR) is 40.1 cm³/mol. The highest BCUT2D eigenvalue weighted by Crippen LogP contribution is 2.25. The molecule has 0 bridgehead atoms. The Kier molecular flexibility index (Phi) is 2.23. The Bertz CT molecular complexity index is 377. The Morgan fingerprint density at radius 3 is 2.62 bits per heavy atom. The Morgan fingerprint density at radius 2 is 2.15 bits per heavy atom. The van der Waals surface area contributed by atoms with Crippen LogP contribution in [0.25, 0.3) is 0 Å². The van der Waals surface area contributed by atoms with Gasteiger partial charge in [-0.15, -0.1) is 0 Å². The number of rotatable bonds is 2. The average molecular weight is 185 g/mol. The van der Waals surface area contributed by atoms with Gasteiger partial charge in [-0.3, -0.25) is 14.9 Å². The number of phenols is 1. The van der Waals surface area contributed by atoms with Gasteiger partial charge in [-0.05, 0) is 6.07 Å². The molecule has 5 nitrogen and oxygen atoms in total. The van der Waals surface area contributed by atoms with Gasteiger partial charge in [0, 0.05) is 0 Å². The van der Waals surface area contributed by atoms with Crippen LogP contribution in [-0.4, -0.2) is 16.3 Å². The van der Waals surface area contributed by atoms with E-state index in [1.165, 1.54) is 0 Å². The van der Waals surface area contributed by atoms with Gasteiger partial charge in [0.05, 0.1) is 16.6 Å². The fraction of sp³-hybridized carbons (Fsp3) is 0. The lowest BCUT2D eigenvalue weighted by molar-refractivity contribution is -0.385. The molecule has 0 aliphatic rings. The molecule has 0 unspecified atom stereocenters. The smallest absolute Gasteiger partial charge is 0.283 e. The molecule has 1 aromatic carbocycles. The summed E-state index contributed by atoms with van der Waals surface area (Å²) >= 11 is 0. The van der Waals surface area contributed by atoms with Gasteiger partial charge in [0.1, 0.15) is 0 Å². The van der Waals surface area contributed by atoms with E-state index in [1.807, 2.05) is 0 Å². The zero-order valence-electron chi connectivity index (χ0n) is 6.23. The number of phenolic OH excluding ortho intramolecular Hbond substituents is 1. The number of nitro benzene ring substituents is 1. The Morgan fingerprint density at radius 1 is 1.54 bits per heavy atom. The molecule has 0 heterocycles. The minimum Gasteiger partial charge on any atom is -0.505 e. The molecule has 0 aromatic heterocycles. The van der Waals surface area contributed by atoms with Crippen LogP contribution < -0.4 is 0 Å². The van der Waals surface area contributed by atoms with Gasteiger partial charge in [-0.2, -0.15) is 0 Å². The molecule has 68 valence electrons. The molecule has 0 atom stereocenters. The summed E-state index contributed by atoms with van der Waals surface area (Å²) in [4.78, 5) is 19.6. The first-order valence-corrected chi connectivity index (χ1v) is 3.18. The topological polar surface area (TPSA) is 80.4 Å². The van der Waals surface area contributed by atoms with E-state index in [-0.39, 0.29) is 6.29 Å². The van der Waals surface area contributed by atoms with Gasteiger partial charge in [0.25, 0.3) is 5.69 Å². The fourth-order valence-electron chi connectivity index (χ4n) is 0.819. The summed E-state index contributed by atoms with van der Waals surface area (Å²) in [5, 5.41) is 19.0. The first-order chi connectivity index (χ1) is 6.06. The second-order valence-electron chi connectivity index (χ2n) is 2.24. The normalized spacial score (nSPS) is 9.62. The molecule has 0 amide bonds. The van der Waals surface area contributed by atoms with Crippen LogP contribution in [0.15, 0.2) is 12.1 Å². The molecule has 1 rings (SSSR count). The number of carbonyl (C=O) groups excluding carboxylic acids is 1. The maximum atomic E-state index is 12.6. The first-order valence-electron chi connectivity index (χ1n) is 3.18. The monoisotopic (exact) mass is 185 g/mol. The van der Waals surface area contributed by atoms with Gasteiger partial charge < -0.3 is 5.11 Å². The number of carbonyl (C=O) groups is 1. The summed E-state index contributed by atoms with van der Waals surface area (Å²) in [6, 6.07) is 1.21. The van der Waals surface area contributed by atoms with Gasteiger partial charge in [-0.1, -0.05) is 0 Å². The van der Waals surface area contributed by atoms with Crippen molar-refractivity contribution in [3.63, 3.8) is 0 Å². The molecule has 0 radical (unpaired) electrons. The van der Waals surface area contributed by atoms with Crippen LogP contribution >= 0.6 is 0 Å². The summed E-state index contributed by atoms with van der Waals surface area (Å²) in [6.45, 7) is 0. The van der Waals surface area contributed by atoms with Crippen LogP contribution in [0.3, 0.4) is 0 Å². The highest BCUT2D eigenvalue weighted by Gasteiger charge is 2.17. The third-order valence-electron chi connectivity index (χ3n) is 1.42. The average Bonchev–Trinajstić information content (AvgIpc) is 2.08. The maximum absolute atomic E-state index is 12.6. The molecular weight excluding hydrogens is 181 g/mol. The largest absolute Gasteiger partial charge is 0.505 e. The predicted octanol–water partition coefficient (Wildman–Crippen LogP) is 1.25. The summed E-state index contributed by atoms with van der Waals surface area (Å²) < 4.78 is 12.6. The number of hydrogen-bond donors (Lipinski definition) is 1. The summed E-state index contributed by atoms with van der Waals surface area (Å²) in [5.74, 6) is -1.91. The van der Waals surface area contributed by atoms with Crippen molar-refractivity contribution in [1.82, 2.24) is 0 Å². The minimum absolute atomic E-state index is 0.153. The number of aromatic hydroxyl groups is 1. The standard InChI is InChI=1S/C7H4FNO4/c8-5-1-4(3-10)6(9(12)13)2-7(5)11/h1-3,11H. The Labute approximate surface area is 71.6 Å². The van der Waals surface area contributed by atoms with Crippen molar-refractivity contribution in [3.8, 4) is 5.75 Å². The second kappa shape index (κ2) is 3.18. The van der Waals surface area contributed by atoms with Gasteiger partial charge in [0.15, 0.2) is 17.9 Å². The third kappa shape index (κ3) is 1.61. The van der Waals surface area contributed by atoms with Crippen LogP contribution in [0.1, 0.15) is 10.4 Å². The molecular formula is C7H4FNO4. The number of hydrogen-bond acceptors (Lipinski definition) is 4. The van der Waals surface area contributed by atoms with Gasteiger partial charge in [-0.25, -0.2) is 4.39 Å². The van der Waals surface area contributed by atoms with E-state index in [0.717, 1.165) is 0 Å². The Hall–Kier alpha value is -1.98. The van der Waals surface area contributed by atoms with Crippen LogP contribution in [0.2, 0.25) is 0 Å². The van der Waals surface area contributed by atoms with Crippen molar-refractivity contribution in [2.45, 2.75) is 0 Å². The van der Waals surface area contributed by atoms with E-state index in [2.05, 4.69) is 0 Å². The molecule has 6 heteroatoms. The second-order valence-corrected chi connectivity index (χ2v) is 2.24. The molecule has 0 aliphatic carbocycles. The van der Waals surface area contributed by atoms with Crippen molar-refractivity contribution in [3.05, 3.63) is 33.6 Å². The molecule has 0 spiro atoms. The van der Waals surface area contributed by atoms with Crippen LogP contribution in [-0.2, 0) is 0 Å². The molecule has 0 saturated heterocycles. The number of nitro groups is 1. The third-order valence-corrected chi connectivity index (χ3v) is 1.42. The molecule has 0 aliphatic heterocycles. The number of aldehydes is 1. The molecule has 0 fully saturated rings. The van der Waals surface area contributed by atoms with E-state index >= 15 is 0 Å². The van der Waals surface area contributed by atoms with E-state index in [0.29, 0.717) is 12.1 Å². The lowest BCUT2D eigenvalue weighted by Gasteiger charge is -1.97. The van der Waals surface area contributed by atoms with Crippen molar-refractivity contribution in [2.24, 2.45) is 0 Å². The molecule has 13 heavy (non-hydrogen) atoms. The Balaban J connectivity index is 3.41. The highest BCUT2D eigenvalue weighted by atomic mass is 19.1. The fourth-order valence-corrected chi connectivity index (χ4v) is 0.819. The van der Waals surface area contributed by atoms with Crippen LogP contribution in [0.4, 0.5) is 10.1 Å². The zero-order chi connectivity index (χ0) is 10.0. The zero-order valence-corrected chi connectivity index (χ0v) is 6.23. The summed E-state index contributed by atoms with van der Waals surface area (Å²) in [5.41, 5.74) is -1.02. The van der Waals surface area contributed by atoms with Crippen molar-refractivity contribution >= 4 is 12.0 Å². The van der Waals surface area contributed by atoms with Crippen molar-refractivity contribution in [1.29, 1.82) is 0 Å². The number of halogens is 1. The van der Waals surface area contributed by atoms with E-state index in [1.54, 1.807) is 0 Å². The van der Waals surface area contributed by atoms with E-state index < -0.39 is 27.7 Å². The lowest BCUT2D eigenvalue weighted by atomic mass is 10.2. The maximum Gasteiger partial charge on any atom is 0.283 e. The number of benzene rings is 1. The summed E-state index contributed by atoms with van der Waals surface area (Å²) in [6.07, 6.45) is 0.153. The van der Waals surface area contributed by atoms with Gasteiger partial charge >= 0.3 is 0 Å². The van der Waals surface area contributed by atoms with Crippen molar-refractivity contribution < 1.29 is 19.2 Å². The summed E-state index contributed by atoms with van der Waals surface area (Å²) in [7, 11) is 0. The van der Waals surface area contributed by atoms with Gasteiger partial charge in [0.2, 0.25) is 0 Å². The number of nitrogens with zero attached hydrogens (tertiary/aromatic N) is 1. The van der Waals surface area contributed by atoms with E-state index in [9.17, 15) is 19.3 Å². The first kappa shape index (κ1) is 9.11. The molecule has 1 aromatic rings. The molecule has 1 N–H and O–H groups in total. The SMILES string of the molecule is O=Cc1cc(F)c(O)cc1[N+](=O)[O-]. The molecule has 0 saturated carbocycles. The minimum atomic E-state index is -1.06. The van der Waals surface area contributed by atoms with E-state index in [4.69, 9.17) is 5.11 Å². The van der Waals surface area contributed by atoms with Crippen LogP contribution in [0, 0.1) is 15.9 Å². The van der Waals surface area contributed by atoms with Crippen LogP contribution in [0.5, 0.6) is 5.75 Å². The van der Waals surface area contributed by atoms with Crippen molar-refractivity contribution in [2.75, 3.05) is 0 Å².